The van der Waals surface area contributed by atoms with Crippen molar-refractivity contribution >= 4 is 23.7 Å². The van der Waals surface area contributed by atoms with Crippen molar-refractivity contribution in [2.24, 2.45) is 5.10 Å². The van der Waals surface area contributed by atoms with Gasteiger partial charge in [-0.05, 0) is 37.6 Å². The predicted octanol–water partition coefficient (Wildman–Crippen LogP) is 2.28. The fourth-order valence-electron chi connectivity index (χ4n) is 0.835. The molecule has 0 aliphatic rings. The lowest BCUT2D eigenvalue weighted by Crippen LogP contribution is -2.17. The molecule has 0 unspecified atom stereocenters. The van der Waals surface area contributed by atoms with Crippen molar-refractivity contribution in [2.45, 2.75) is 6.42 Å². The van der Waals surface area contributed by atoms with Gasteiger partial charge in [0.25, 0.3) is 5.91 Å². The molecule has 0 saturated heterocycles. The van der Waals surface area contributed by atoms with Gasteiger partial charge in [-0.1, -0.05) is 11.6 Å². The van der Waals surface area contributed by atoms with Crippen LogP contribution in [-0.4, -0.2) is 12.1 Å². The fraction of sp³-hybridized carbons (Fsp3) is 0.100. The smallest absolute Gasteiger partial charge is 0.267 e. The van der Waals surface area contributed by atoms with Crippen molar-refractivity contribution in [2.75, 3.05) is 0 Å². The van der Waals surface area contributed by atoms with E-state index in [9.17, 15) is 4.79 Å². The molecule has 0 aromatic heterocycles. The molecule has 73 valence electrons. The number of benzene rings is 1. The topological polar surface area (TPSA) is 41.5 Å². The monoisotopic (exact) mass is 209 g/mol. The maximum atomic E-state index is 11.3. The number of carbonyl (C=O) groups is 1. The Morgan fingerprint density at radius 1 is 1.50 bits per heavy atom. The van der Waals surface area contributed by atoms with Crippen LogP contribution in [0.5, 0.6) is 0 Å². The molecule has 0 heterocycles. The first kappa shape index (κ1) is 10.7. The zero-order valence-electron chi connectivity index (χ0n) is 7.53. The molecule has 1 radical (unpaired) electrons. The quantitative estimate of drug-likeness (QED) is 0.602. The largest absolute Gasteiger partial charge is 0.271 e. The molecule has 0 aliphatic heterocycles. The average Bonchev–Trinajstić information content (AvgIpc) is 2.19. The summed E-state index contributed by atoms with van der Waals surface area (Å²) in [5.74, 6) is -0.258. The first-order chi connectivity index (χ1) is 6.74. The van der Waals surface area contributed by atoms with Gasteiger partial charge in [0.1, 0.15) is 0 Å². The van der Waals surface area contributed by atoms with E-state index in [1.165, 1.54) is 6.21 Å². The molecule has 0 aliphatic carbocycles. The summed E-state index contributed by atoms with van der Waals surface area (Å²) in [7, 11) is 0. The van der Waals surface area contributed by atoms with Crippen LogP contribution in [-0.2, 0) is 0 Å². The van der Waals surface area contributed by atoms with Crippen molar-refractivity contribution in [3.8, 4) is 0 Å². The lowest BCUT2D eigenvalue weighted by atomic mass is 10.2. The van der Waals surface area contributed by atoms with Gasteiger partial charge in [0, 0.05) is 16.8 Å². The molecule has 4 heteroatoms. The molecule has 0 bridgehead atoms. The lowest BCUT2D eigenvalue weighted by molar-refractivity contribution is 0.0955. The molecule has 1 amide bonds. The Labute approximate surface area is 87.8 Å². The summed E-state index contributed by atoms with van der Waals surface area (Å²) in [6.07, 6.45) is 2.06. The van der Waals surface area contributed by atoms with E-state index in [0.717, 1.165) is 0 Å². The second-order valence-corrected chi connectivity index (χ2v) is 2.98. The van der Waals surface area contributed by atoms with Gasteiger partial charge in [0.05, 0.1) is 0 Å². The van der Waals surface area contributed by atoms with E-state index >= 15 is 0 Å². The molecule has 0 fully saturated rings. The Kier molecular flexibility index (Phi) is 4.13. The van der Waals surface area contributed by atoms with Crippen LogP contribution in [0.15, 0.2) is 29.4 Å². The lowest BCUT2D eigenvalue weighted by Gasteiger charge is -1.98. The van der Waals surface area contributed by atoms with Crippen molar-refractivity contribution in [1.82, 2.24) is 5.43 Å². The minimum atomic E-state index is -0.258. The zero-order valence-corrected chi connectivity index (χ0v) is 8.29. The van der Waals surface area contributed by atoms with Gasteiger partial charge in [-0.2, -0.15) is 5.10 Å². The molecular formula is C10H10ClN2O. The number of hydrogen-bond acceptors (Lipinski definition) is 2. The molecule has 0 spiro atoms. The Morgan fingerprint density at radius 2 is 2.14 bits per heavy atom. The van der Waals surface area contributed by atoms with Gasteiger partial charge in [0.15, 0.2) is 0 Å². The van der Waals surface area contributed by atoms with E-state index in [-0.39, 0.29) is 5.91 Å². The van der Waals surface area contributed by atoms with E-state index in [2.05, 4.69) is 17.5 Å². The van der Waals surface area contributed by atoms with E-state index in [1.807, 2.05) is 0 Å². The SMILES string of the molecule is [CH2]C/C=N/NC(=O)c1ccc(Cl)cc1. The van der Waals surface area contributed by atoms with Crippen molar-refractivity contribution in [1.29, 1.82) is 0 Å². The highest BCUT2D eigenvalue weighted by molar-refractivity contribution is 6.30. The number of halogens is 1. The number of hydrogen-bond donors (Lipinski definition) is 1. The summed E-state index contributed by atoms with van der Waals surface area (Å²) in [6, 6.07) is 6.58. The molecule has 14 heavy (non-hydrogen) atoms. The summed E-state index contributed by atoms with van der Waals surface area (Å²) < 4.78 is 0. The van der Waals surface area contributed by atoms with E-state index in [0.29, 0.717) is 17.0 Å². The highest BCUT2D eigenvalue weighted by Gasteiger charge is 2.02. The van der Waals surface area contributed by atoms with Crippen LogP contribution in [0.3, 0.4) is 0 Å². The Morgan fingerprint density at radius 3 is 2.71 bits per heavy atom. The molecule has 1 aromatic carbocycles. The van der Waals surface area contributed by atoms with Crippen LogP contribution < -0.4 is 5.43 Å². The number of amides is 1. The maximum Gasteiger partial charge on any atom is 0.271 e. The molecule has 1 N–H and O–H groups in total. The Balaban J connectivity index is 2.61. The van der Waals surface area contributed by atoms with Crippen LogP contribution in [0, 0.1) is 6.92 Å². The first-order valence-electron chi connectivity index (χ1n) is 4.10. The molecule has 1 rings (SSSR count). The highest BCUT2D eigenvalue weighted by Crippen LogP contribution is 2.09. The number of nitrogens with zero attached hydrogens (tertiary/aromatic N) is 1. The van der Waals surface area contributed by atoms with E-state index in [4.69, 9.17) is 11.6 Å². The van der Waals surface area contributed by atoms with Gasteiger partial charge >= 0.3 is 0 Å². The van der Waals surface area contributed by atoms with Gasteiger partial charge in [0.2, 0.25) is 0 Å². The summed E-state index contributed by atoms with van der Waals surface area (Å²) in [6.45, 7) is 3.55. The number of nitrogens with one attached hydrogen (secondary N) is 1. The molecule has 0 atom stereocenters. The van der Waals surface area contributed by atoms with Gasteiger partial charge in [-0.15, -0.1) is 0 Å². The van der Waals surface area contributed by atoms with Gasteiger partial charge in [-0.3, -0.25) is 4.79 Å². The second-order valence-electron chi connectivity index (χ2n) is 2.55. The summed E-state index contributed by atoms with van der Waals surface area (Å²) in [5.41, 5.74) is 2.89. The van der Waals surface area contributed by atoms with Gasteiger partial charge < -0.3 is 0 Å². The predicted molar refractivity (Wildman–Crippen MR) is 57.4 cm³/mol. The Hall–Kier alpha value is -1.35. The van der Waals surface area contributed by atoms with Crippen molar-refractivity contribution in [3.63, 3.8) is 0 Å². The summed E-state index contributed by atoms with van der Waals surface area (Å²) in [4.78, 5) is 11.3. The van der Waals surface area contributed by atoms with Crippen LogP contribution >= 0.6 is 11.6 Å². The minimum Gasteiger partial charge on any atom is -0.267 e. The molecular weight excluding hydrogens is 200 g/mol. The van der Waals surface area contributed by atoms with E-state index in [1.54, 1.807) is 24.3 Å². The minimum absolute atomic E-state index is 0.258. The summed E-state index contributed by atoms with van der Waals surface area (Å²) >= 11 is 5.67. The van der Waals surface area contributed by atoms with Crippen molar-refractivity contribution in [3.05, 3.63) is 41.8 Å². The third-order valence-electron chi connectivity index (χ3n) is 1.49. The van der Waals surface area contributed by atoms with Gasteiger partial charge in [-0.25, -0.2) is 5.43 Å². The number of carbonyl (C=O) groups excluding carboxylic acids is 1. The molecule has 1 aromatic rings. The van der Waals surface area contributed by atoms with Crippen LogP contribution in [0.25, 0.3) is 0 Å². The first-order valence-corrected chi connectivity index (χ1v) is 4.48. The highest BCUT2D eigenvalue weighted by atomic mass is 35.5. The summed E-state index contributed by atoms with van der Waals surface area (Å²) in [5, 5.41) is 4.27. The third-order valence-corrected chi connectivity index (χ3v) is 1.74. The van der Waals surface area contributed by atoms with Crippen LogP contribution in [0.4, 0.5) is 0 Å². The average molecular weight is 210 g/mol. The Bertz CT molecular complexity index is 332. The molecule has 0 saturated carbocycles. The fourth-order valence-corrected chi connectivity index (χ4v) is 0.961. The zero-order chi connectivity index (χ0) is 10.4. The number of rotatable bonds is 3. The maximum absolute atomic E-state index is 11.3. The molecule has 3 nitrogen and oxygen atoms in total. The number of hydrazone groups is 1. The normalized spacial score (nSPS) is 10.4. The standard InChI is InChI=1S/C10H10ClN2O/c1-2-7-12-13-10(14)8-3-5-9(11)6-4-8/h3-7H,1-2H2,(H,13,14)/b12-7+. The third kappa shape index (κ3) is 3.18. The van der Waals surface area contributed by atoms with Crippen molar-refractivity contribution < 1.29 is 4.79 Å². The van der Waals surface area contributed by atoms with Crippen LogP contribution in [0.2, 0.25) is 5.02 Å². The van der Waals surface area contributed by atoms with E-state index < -0.39 is 0 Å². The van der Waals surface area contributed by atoms with Crippen LogP contribution in [0.1, 0.15) is 16.8 Å². The second kappa shape index (κ2) is 5.40.